The molecule has 4 rings (SSSR count). The van der Waals surface area contributed by atoms with Gasteiger partial charge in [-0.3, -0.25) is 9.59 Å². The predicted octanol–water partition coefficient (Wildman–Crippen LogP) is 3.13. The monoisotopic (exact) mass is 436 g/mol. The van der Waals surface area contributed by atoms with Crippen molar-refractivity contribution in [2.45, 2.75) is 63.6 Å². The van der Waals surface area contributed by atoms with Crippen LogP contribution in [0.1, 0.15) is 60.9 Å². The normalized spacial score (nSPS) is 17.7. The van der Waals surface area contributed by atoms with Gasteiger partial charge in [-0.1, -0.05) is 49.6 Å². The largest absolute Gasteiger partial charge is 0.349 e. The molecule has 0 spiro atoms. The highest BCUT2D eigenvalue weighted by Gasteiger charge is 2.26. The number of hydrogen-bond acceptors (Lipinski definition) is 3. The lowest BCUT2D eigenvalue weighted by Crippen LogP contribution is -2.51. The van der Waals surface area contributed by atoms with Gasteiger partial charge in [0.25, 0.3) is 11.5 Å². The first kappa shape index (κ1) is 22.1. The number of nitrogens with zero attached hydrogens (tertiary/aromatic N) is 2. The third-order valence-electron chi connectivity index (χ3n) is 6.51. The molecule has 7 heteroatoms. The van der Waals surface area contributed by atoms with Gasteiger partial charge in [-0.05, 0) is 43.4 Å². The van der Waals surface area contributed by atoms with Crippen molar-refractivity contribution in [3.8, 4) is 0 Å². The van der Waals surface area contributed by atoms with Crippen LogP contribution in [0.2, 0.25) is 0 Å². The lowest BCUT2D eigenvalue weighted by molar-refractivity contribution is 0.0915. The molecular formula is C25H32N4O3. The van der Waals surface area contributed by atoms with Crippen molar-refractivity contribution in [2.75, 3.05) is 13.1 Å². The summed E-state index contributed by atoms with van der Waals surface area (Å²) in [7, 11) is 0. The molecule has 0 unspecified atom stereocenters. The van der Waals surface area contributed by atoms with Crippen molar-refractivity contribution in [3.63, 3.8) is 0 Å². The van der Waals surface area contributed by atoms with Gasteiger partial charge in [-0.2, -0.15) is 0 Å². The molecule has 1 aromatic heterocycles. The number of hydrogen-bond donors (Lipinski definition) is 2. The van der Waals surface area contributed by atoms with Crippen LogP contribution in [0.25, 0.3) is 0 Å². The van der Waals surface area contributed by atoms with Crippen LogP contribution in [0, 0.1) is 0 Å². The van der Waals surface area contributed by atoms with Gasteiger partial charge in [0.05, 0.1) is 6.54 Å². The molecule has 2 fully saturated rings. The first-order valence-electron chi connectivity index (χ1n) is 11.7. The van der Waals surface area contributed by atoms with E-state index in [0.717, 1.165) is 18.4 Å². The molecule has 2 aliphatic rings. The van der Waals surface area contributed by atoms with Crippen molar-refractivity contribution in [1.82, 2.24) is 20.1 Å². The molecule has 3 amide bonds. The number of carbonyl (C=O) groups is 2. The maximum atomic E-state index is 12.8. The Labute approximate surface area is 188 Å². The highest BCUT2D eigenvalue weighted by Crippen LogP contribution is 2.18. The first-order valence-corrected chi connectivity index (χ1v) is 11.7. The summed E-state index contributed by atoms with van der Waals surface area (Å²) < 4.78 is 1.56. The predicted molar refractivity (Wildman–Crippen MR) is 124 cm³/mol. The molecule has 1 aliphatic heterocycles. The summed E-state index contributed by atoms with van der Waals surface area (Å²) in [4.78, 5) is 40.0. The molecule has 2 N–H and O–H groups in total. The van der Waals surface area contributed by atoms with E-state index in [2.05, 4.69) is 10.6 Å². The van der Waals surface area contributed by atoms with Gasteiger partial charge in [0.15, 0.2) is 0 Å². The molecule has 2 heterocycles. The Bertz CT molecular complexity index is 974. The summed E-state index contributed by atoms with van der Waals surface area (Å²) in [5.41, 5.74) is 0.866. The van der Waals surface area contributed by atoms with Gasteiger partial charge in [0.1, 0.15) is 5.56 Å². The highest BCUT2D eigenvalue weighted by atomic mass is 16.2. The lowest BCUT2D eigenvalue weighted by atomic mass is 9.95. The van der Waals surface area contributed by atoms with Crippen molar-refractivity contribution in [3.05, 3.63) is 70.1 Å². The van der Waals surface area contributed by atoms with Gasteiger partial charge in [-0.25, -0.2) is 4.79 Å². The minimum atomic E-state index is -0.345. The van der Waals surface area contributed by atoms with E-state index in [-0.39, 0.29) is 29.1 Å². The number of rotatable bonds is 5. The third-order valence-corrected chi connectivity index (χ3v) is 6.51. The average Bonchev–Trinajstić information content (AvgIpc) is 2.82. The van der Waals surface area contributed by atoms with Gasteiger partial charge in [-0.15, -0.1) is 0 Å². The van der Waals surface area contributed by atoms with Crippen LogP contribution < -0.4 is 16.2 Å². The summed E-state index contributed by atoms with van der Waals surface area (Å²) in [6.45, 7) is 1.64. The highest BCUT2D eigenvalue weighted by molar-refractivity contribution is 5.94. The van der Waals surface area contributed by atoms with Crippen LogP contribution >= 0.6 is 0 Å². The van der Waals surface area contributed by atoms with E-state index in [4.69, 9.17) is 0 Å². The zero-order chi connectivity index (χ0) is 22.3. The van der Waals surface area contributed by atoms with E-state index >= 15 is 0 Å². The second kappa shape index (κ2) is 10.5. The molecule has 0 radical (unpaired) electrons. The molecule has 1 aliphatic carbocycles. The molecule has 0 bridgehead atoms. The van der Waals surface area contributed by atoms with Crippen LogP contribution in [-0.2, 0) is 6.54 Å². The Kier molecular flexibility index (Phi) is 7.24. The van der Waals surface area contributed by atoms with Crippen LogP contribution in [0.15, 0.2) is 53.5 Å². The van der Waals surface area contributed by atoms with E-state index in [9.17, 15) is 14.4 Å². The topological polar surface area (TPSA) is 83.4 Å². The Morgan fingerprint density at radius 1 is 0.844 bits per heavy atom. The van der Waals surface area contributed by atoms with Crippen LogP contribution in [0.4, 0.5) is 4.79 Å². The van der Waals surface area contributed by atoms with Gasteiger partial charge in [0.2, 0.25) is 0 Å². The Balaban J connectivity index is 1.30. The number of nitrogens with one attached hydrogen (secondary N) is 2. The SMILES string of the molecule is O=C(NC1CCN(C(=O)NC2CCCCC2)CC1)c1cccn(Cc2ccccc2)c1=O. The molecule has 1 saturated heterocycles. The maximum absolute atomic E-state index is 12.8. The fraction of sp³-hybridized carbons (Fsp3) is 0.480. The quantitative estimate of drug-likeness (QED) is 0.755. The van der Waals surface area contributed by atoms with Gasteiger partial charge in [0, 0.05) is 31.4 Å². The average molecular weight is 437 g/mol. The van der Waals surface area contributed by atoms with E-state index in [1.807, 2.05) is 35.2 Å². The molecule has 2 aromatic rings. The van der Waals surface area contributed by atoms with E-state index in [0.29, 0.717) is 38.5 Å². The smallest absolute Gasteiger partial charge is 0.317 e. The van der Waals surface area contributed by atoms with Crippen LogP contribution in [-0.4, -0.2) is 46.6 Å². The van der Waals surface area contributed by atoms with Crippen LogP contribution in [0.3, 0.4) is 0 Å². The first-order chi connectivity index (χ1) is 15.6. The molecule has 32 heavy (non-hydrogen) atoms. The van der Waals surface area contributed by atoms with Crippen molar-refractivity contribution >= 4 is 11.9 Å². The zero-order valence-electron chi connectivity index (χ0n) is 18.5. The number of aromatic nitrogens is 1. The maximum Gasteiger partial charge on any atom is 0.317 e. The molecule has 1 saturated carbocycles. The van der Waals surface area contributed by atoms with E-state index in [1.165, 1.54) is 19.3 Å². The molecule has 170 valence electrons. The number of pyridine rings is 1. The number of piperidine rings is 1. The standard InChI is InChI=1S/C25H32N4O3/c30-23(22-12-7-15-29(24(22)31)18-19-8-3-1-4-9-19)26-21-13-16-28(17-14-21)25(32)27-20-10-5-2-6-11-20/h1,3-4,7-9,12,15,20-21H,2,5-6,10-11,13-14,16-18H2,(H,26,30)(H,27,32). The van der Waals surface area contributed by atoms with Gasteiger partial charge >= 0.3 is 6.03 Å². The number of carbonyl (C=O) groups excluding carboxylic acids is 2. The van der Waals surface area contributed by atoms with Crippen LogP contribution in [0.5, 0.6) is 0 Å². The Morgan fingerprint density at radius 3 is 2.25 bits per heavy atom. The summed E-state index contributed by atoms with van der Waals surface area (Å²) >= 11 is 0. The molecule has 7 nitrogen and oxygen atoms in total. The second-order valence-electron chi connectivity index (χ2n) is 8.86. The summed E-state index contributed by atoms with van der Waals surface area (Å²) in [6, 6.07) is 13.3. The van der Waals surface area contributed by atoms with Crippen molar-refractivity contribution in [2.24, 2.45) is 0 Å². The lowest BCUT2D eigenvalue weighted by Gasteiger charge is -2.34. The Morgan fingerprint density at radius 2 is 1.53 bits per heavy atom. The van der Waals surface area contributed by atoms with Crippen molar-refractivity contribution < 1.29 is 9.59 Å². The minimum Gasteiger partial charge on any atom is -0.349 e. The molecule has 1 aromatic carbocycles. The summed E-state index contributed by atoms with van der Waals surface area (Å²) in [5, 5.41) is 6.16. The number of likely N-dealkylation sites (tertiary alicyclic amines) is 1. The third kappa shape index (κ3) is 5.58. The fourth-order valence-corrected chi connectivity index (χ4v) is 4.62. The van der Waals surface area contributed by atoms with E-state index in [1.54, 1.807) is 22.9 Å². The fourth-order valence-electron chi connectivity index (χ4n) is 4.62. The minimum absolute atomic E-state index is 0.00790. The van der Waals surface area contributed by atoms with Crippen molar-refractivity contribution in [1.29, 1.82) is 0 Å². The second-order valence-corrected chi connectivity index (χ2v) is 8.86. The number of urea groups is 1. The summed E-state index contributed by atoms with van der Waals surface area (Å²) in [6.07, 6.45) is 8.85. The number of benzene rings is 1. The molecular weight excluding hydrogens is 404 g/mol. The zero-order valence-corrected chi connectivity index (χ0v) is 18.5. The molecule has 0 atom stereocenters. The number of amides is 3. The van der Waals surface area contributed by atoms with Gasteiger partial charge < -0.3 is 20.1 Å². The van der Waals surface area contributed by atoms with E-state index < -0.39 is 0 Å². The Hall–Kier alpha value is -3.09. The summed E-state index contributed by atoms with van der Waals surface area (Å²) in [5.74, 6) is -0.345.